The Labute approximate surface area is 203 Å². The molecule has 0 aromatic carbocycles. The highest BCUT2D eigenvalue weighted by Gasteiger charge is 2.61. The zero-order valence-corrected chi connectivity index (χ0v) is 22.4. The molecule has 0 heterocycles. The molecule has 0 spiro atoms. The first-order chi connectivity index (χ1) is 15.4. The van der Waals surface area contributed by atoms with Crippen molar-refractivity contribution in [2.24, 2.45) is 51.8 Å². The molecular weight excluding hydrogens is 406 g/mol. The van der Waals surface area contributed by atoms with Gasteiger partial charge < -0.3 is 10.2 Å². The molecule has 0 bridgehead atoms. The van der Waals surface area contributed by atoms with Crippen molar-refractivity contribution >= 4 is 0 Å². The summed E-state index contributed by atoms with van der Waals surface area (Å²) in [5, 5.41) is 31.0. The lowest BCUT2D eigenvalue weighted by molar-refractivity contribution is -0.152. The van der Waals surface area contributed by atoms with Gasteiger partial charge in [-0.1, -0.05) is 27.7 Å². The van der Waals surface area contributed by atoms with Gasteiger partial charge in [-0.2, -0.15) is 5.26 Å². The molecule has 33 heavy (non-hydrogen) atoms. The van der Waals surface area contributed by atoms with E-state index in [-0.39, 0.29) is 0 Å². The Morgan fingerprint density at radius 3 is 2.33 bits per heavy atom. The normalized spacial score (nSPS) is 47.1. The molecule has 0 saturated heterocycles. The predicted octanol–water partition coefficient (Wildman–Crippen LogP) is 7.11. The molecule has 0 aromatic heterocycles. The van der Waals surface area contributed by atoms with E-state index in [0.29, 0.717) is 22.7 Å². The van der Waals surface area contributed by atoms with Crippen molar-refractivity contribution < 1.29 is 10.2 Å². The van der Waals surface area contributed by atoms with Crippen LogP contribution in [0.25, 0.3) is 0 Å². The Hall–Kier alpha value is -0.590. The number of aliphatic hydroxyl groups is 2. The molecule has 3 nitrogen and oxygen atoms in total. The van der Waals surface area contributed by atoms with E-state index < -0.39 is 17.1 Å². The van der Waals surface area contributed by atoms with Gasteiger partial charge in [-0.05, 0) is 137 Å². The third-order valence-electron chi connectivity index (χ3n) is 12.3. The van der Waals surface area contributed by atoms with Crippen LogP contribution in [0.2, 0.25) is 0 Å². The van der Waals surface area contributed by atoms with Gasteiger partial charge in [0.15, 0.2) is 0 Å². The van der Waals surface area contributed by atoms with Crippen LogP contribution in [0.1, 0.15) is 119 Å². The molecule has 10 atom stereocenters. The molecule has 0 radical (unpaired) electrons. The van der Waals surface area contributed by atoms with Crippen LogP contribution in [0.15, 0.2) is 0 Å². The fraction of sp³-hybridized carbons (Fsp3) is 0.967. The van der Waals surface area contributed by atoms with Crippen LogP contribution >= 0.6 is 0 Å². The highest BCUT2D eigenvalue weighted by Crippen LogP contribution is 2.69. The van der Waals surface area contributed by atoms with E-state index in [1.807, 2.05) is 13.8 Å². The lowest BCUT2D eigenvalue weighted by Crippen LogP contribution is -2.56. The van der Waals surface area contributed by atoms with Crippen molar-refractivity contribution in [1.82, 2.24) is 0 Å². The van der Waals surface area contributed by atoms with Gasteiger partial charge in [-0.15, -0.1) is 0 Å². The first-order valence-corrected chi connectivity index (χ1v) is 14.2. The zero-order chi connectivity index (χ0) is 24.2. The number of aliphatic hydroxyl groups excluding tert-OH is 1. The van der Waals surface area contributed by atoms with Crippen molar-refractivity contribution in [3.63, 3.8) is 0 Å². The molecule has 4 aliphatic carbocycles. The van der Waals surface area contributed by atoms with Crippen molar-refractivity contribution in [3.8, 4) is 6.07 Å². The topological polar surface area (TPSA) is 64.2 Å². The van der Waals surface area contributed by atoms with Gasteiger partial charge in [-0.3, -0.25) is 0 Å². The molecule has 4 fully saturated rings. The number of hydrogen-bond acceptors (Lipinski definition) is 3. The van der Waals surface area contributed by atoms with Crippen LogP contribution in [0.3, 0.4) is 0 Å². The zero-order valence-electron chi connectivity index (χ0n) is 22.4. The molecule has 0 aromatic rings. The number of nitrogens with zero attached hydrogens (tertiary/aromatic N) is 1. The third kappa shape index (κ3) is 4.20. The average molecular weight is 458 g/mol. The maximum atomic E-state index is 11.0. The van der Waals surface area contributed by atoms with E-state index in [0.717, 1.165) is 55.8 Å². The summed E-state index contributed by atoms with van der Waals surface area (Å²) in [6, 6.07) is 2.29. The Balaban J connectivity index is 1.44. The second-order valence-corrected chi connectivity index (χ2v) is 14.1. The van der Waals surface area contributed by atoms with Crippen molar-refractivity contribution in [3.05, 3.63) is 0 Å². The van der Waals surface area contributed by atoms with Gasteiger partial charge in [0.05, 0.1) is 23.2 Å². The SMILES string of the molecule is CC[C@]1(O)CC[C@@]2(C)[C@@H](CC[C@@H]3[C@@H]2CC[C@]2(C)[C@@H]([C@H](C)CC[C@@H](O)C(C)(C)C#N)CC[C@@H]32)C1. The van der Waals surface area contributed by atoms with Crippen LogP contribution in [-0.2, 0) is 0 Å². The van der Waals surface area contributed by atoms with Gasteiger partial charge >= 0.3 is 0 Å². The molecule has 0 amide bonds. The summed E-state index contributed by atoms with van der Waals surface area (Å²) in [5.74, 6) is 4.66. The van der Waals surface area contributed by atoms with E-state index in [1.54, 1.807) is 0 Å². The van der Waals surface area contributed by atoms with Crippen LogP contribution in [0.5, 0.6) is 0 Å². The molecule has 0 aliphatic heterocycles. The average Bonchev–Trinajstić information content (AvgIpc) is 3.15. The fourth-order valence-electron chi connectivity index (χ4n) is 9.68. The lowest BCUT2D eigenvalue weighted by atomic mass is 9.43. The van der Waals surface area contributed by atoms with E-state index in [4.69, 9.17) is 0 Å². The highest BCUT2D eigenvalue weighted by atomic mass is 16.3. The Morgan fingerprint density at radius 1 is 0.970 bits per heavy atom. The molecular formula is C30H51NO2. The van der Waals surface area contributed by atoms with Crippen LogP contribution in [0.4, 0.5) is 0 Å². The van der Waals surface area contributed by atoms with Gasteiger partial charge in [0.1, 0.15) is 0 Å². The van der Waals surface area contributed by atoms with Gasteiger partial charge in [0.25, 0.3) is 0 Å². The summed E-state index contributed by atoms with van der Waals surface area (Å²) >= 11 is 0. The Morgan fingerprint density at radius 2 is 1.67 bits per heavy atom. The van der Waals surface area contributed by atoms with Gasteiger partial charge in [0, 0.05) is 0 Å². The first-order valence-electron chi connectivity index (χ1n) is 14.2. The van der Waals surface area contributed by atoms with Crippen LogP contribution in [-0.4, -0.2) is 21.9 Å². The molecule has 3 heteroatoms. The number of hydrogen-bond donors (Lipinski definition) is 2. The van der Waals surface area contributed by atoms with Crippen molar-refractivity contribution in [1.29, 1.82) is 5.26 Å². The van der Waals surface area contributed by atoms with E-state index >= 15 is 0 Å². The largest absolute Gasteiger partial charge is 0.391 e. The van der Waals surface area contributed by atoms with Crippen LogP contribution in [0, 0.1) is 63.1 Å². The molecule has 4 saturated carbocycles. The molecule has 4 rings (SSSR count). The standard InChI is InChI=1S/C30H51NO2/c1-7-30(33)17-16-28(5)21(18-30)9-10-22-24-12-11-23(29(24,6)15-14-25(22)28)20(2)8-13-26(32)27(3,4)19-31/h20-26,32-33H,7-18H2,1-6H3/t20-,21+,22+,23-,24+,25+,26-,28+,29-,30+/m1/s1. The van der Waals surface area contributed by atoms with Crippen molar-refractivity contribution in [2.45, 2.75) is 130 Å². The molecule has 188 valence electrons. The third-order valence-corrected chi connectivity index (χ3v) is 12.3. The summed E-state index contributed by atoms with van der Waals surface area (Å²) in [4.78, 5) is 0. The Bertz CT molecular complexity index is 757. The van der Waals surface area contributed by atoms with E-state index in [2.05, 4.69) is 33.8 Å². The van der Waals surface area contributed by atoms with Gasteiger partial charge in [-0.25, -0.2) is 0 Å². The fourth-order valence-corrected chi connectivity index (χ4v) is 9.68. The number of fused-ring (bicyclic) bond motifs is 5. The summed E-state index contributed by atoms with van der Waals surface area (Å²) in [6.07, 6.45) is 13.6. The van der Waals surface area contributed by atoms with E-state index in [1.165, 1.54) is 44.9 Å². The Kier molecular flexibility index (Phi) is 6.81. The van der Waals surface area contributed by atoms with Gasteiger partial charge in [0.2, 0.25) is 0 Å². The quantitative estimate of drug-likeness (QED) is 0.446. The number of rotatable bonds is 6. The monoisotopic (exact) mass is 457 g/mol. The minimum absolute atomic E-state index is 0.404. The summed E-state index contributed by atoms with van der Waals surface area (Å²) in [7, 11) is 0. The minimum atomic E-state index is -0.655. The minimum Gasteiger partial charge on any atom is -0.391 e. The lowest BCUT2D eigenvalue weighted by Gasteiger charge is -2.62. The number of nitriles is 1. The predicted molar refractivity (Wildman–Crippen MR) is 134 cm³/mol. The second kappa shape index (κ2) is 8.81. The molecule has 0 unspecified atom stereocenters. The summed E-state index contributed by atoms with van der Waals surface area (Å²) in [6.45, 7) is 13.5. The second-order valence-electron chi connectivity index (χ2n) is 14.1. The summed E-state index contributed by atoms with van der Waals surface area (Å²) < 4.78 is 0. The van der Waals surface area contributed by atoms with Crippen molar-refractivity contribution in [2.75, 3.05) is 0 Å². The van der Waals surface area contributed by atoms with E-state index in [9.17, 15) is 15.5 Å². The smallest absolute Gasteiger partial charge is 0.0776 e. The van der Waals surface area contributed by atoms with Crippen LogP contribution < -0.4 is 0 Å². The molecule has 4 aliphatic rings. The highest BCUT2D eigenvalue weighted by molar-refractivity contribution is 5.11. The molecule has 2 N–H and O–H groups in total. The maximum absolute atomic E-state index is 11.0. The summed E-state index contributed by atoms with van der Waals surface area (Å²) in [5.41, 5.74) is -0.183. The maximum Gasteiger partial charge on any atom is 0.0776 e. The first kappa shape index (κ1) is 25.5.